The van der Waals surface area contributed by atoms with Gasteiger partial charge in [-0.15, -0.1) is 12.4 Å². The second kappa shape index (κ2) is 8.19. The van der Waals surface area contributed by atoms with E-state index in [1.807, 2.05) is 0 Å². The predicted octanol–water partition coefficient (Wildman–Crippen LogP) is 1.50. The Morgan fingerprint density at radius 1 is 1.10 bits per heavy atom. The molecule has 1 N–H and O–H groups in total. The Hall–Kier alpha value is -0.530. The molecular weight excluding hydrogens is 307 g/mol. The van der Waals surface area contributed by atoms with Crippen molar-refractivity contribution in [2.45, 2.75) is 25.4 Å². The molecule has 2 rings (SSSR count). The normalized spacial score (nSPS) is 22.5. The standard InChI is InChI=1S/C13H22F3N3O.ClH/c14-13(15,16)10-18-6-1-7-19(9-8-18)12(20)11-2-4-17-5-3-11;/h11,17H,1-10H2;1H. The Balaban J connectivity index is 0.00000220. The van der Waals surface area contributed by atoms with Gasteiger partial charge in [0.25, 0.3) is 0 Å². The molecule has 2 saturated heterocycles. The van der Waals surface area contributed by atoms with Gasteiger partial charge in [0.05, 0.1) is 6.54 Å². The molecule has 4 nitrogen and oxygen atoms in total. The lowest BCUT2D eigenvalue weighted by atomic mass is 9.96. The zero-order chi connectivity index (χ0) is 14.6. The summed E-state index contributed by atoms with van der Waals surface area (Å²) in [5.41, 5.74) is 0. The molecule has 124 valence electrons. The Bertz CT molecular complexity index is 335. The molecule has 2 heterocycles. The van der Waals surface area contributed by atoms with Crippen molar-refractivity contribution in [2.24, 2.45) is 5.92 Å². The van der Waals surface area contributed by atoms with Crippen LogP contribution in [-0.4, -0.2) is 67.7 Å². The molecule has 0 atom stereocenters. The average molecular weight is 330 g/mol. The summed E-state index contributed by atoms with van der Waals surface area (Å²) in [6, 6.07) is 0. The Morgan fingerprint density at radius 3 is 2.38 bits per heavy atom. The van der Waals surface area contributed by atoms with Gasteiger partial charge < -0.3 is 10.2 Å². The van der Waals surface area contributed by atoms with Gasteiger partial charge >= 0.3 is 6.18 Å². The first kappa shape index (κ1) is 18.5. The molecule has 0 bridgehead atoms. The summed E-state index contributed by atoms with van der Waals surface area (Å²) in [5.74, 6) is 0.172. The first-order chi connectivity index (χ1) is 9.46. The lowest BCUT2D eigenvalue weighted by molar-refractivity contribution is -0.145. The molecule has 2 fully saturated rings. The van der Waals surface area contributed by atoms with E-state index in [0.717, 1.165) is 25.9 Å². The fraction of sp³-hybridized carbons (Fsp3) is 0.923. The number of rotatable bonds is 2. The van der Waals surface area contributed by atoms with Crippen LogP contribution in [0.4, 0.5) is 13.2 Å². The topological polar surface area (TPSA) is 35.6 Å². The SMILES string of the molecule is Cl.O=C(C1CCNCC1)N1CCCN(CC(F)(F)F)CC1. The minimum atomic E-state index is -4.16. The molecule has 0 aliphatic carbocycles. The maximum Gasteiger partial charge on any atom is 0.401 e. The summed E-state index contributed by atoms with van der Waals surface area (Å²) < 4.78 is 37.2. The molecule has 21 heavy (non-hydrogen) atoms. The zero-order valence-corrected chi connectivity index (χ0v) is 12.8. The highest BCUT2D eigenvalue weighted by atomic mass is 35.5. The second-order valence-electron chi connectivity index (χ2n) is 5.59. The lowest BCUT2D eigenvalue weighted by Crippen LogP contribution is -2.43. The van der Waals surface area contributed by atoms with E-state index >= 15 is 0 Å². The van der Waals surface area contributed by atoms with Crippen LogP contribution >= 0.6 is 12.4 Å². The van der Waals surface area contributed by atoms with Crippen LogP contribution in [0.1, 0.15) is 19.3 Å². The van der Waals surface area contributed by atoms with Crippen molar-refractivity contribution in [2.75, 3.05) is 45.8 Å². The van der Waals surface area contributed by atoms with E-state index < -0.39 is 12.7 Å². The van der Waals surface area contributed by atoms with Crippen LogP contribution in [0.3, 0.4) is 0 Å². The van der Waals surface area contributed by atoms with E-state index in [-0.39, 0.29) is 24.2 Å². The molecule has 0 aromatic carbocycles. The van der Waals surface area contributed by atoms with E-state index in [9.17, 15) is 18.0 Å². The minimum Gasteiger partial charge on any atom is -0.341 e. The number of piperidine rings is 1. The highest BCUT2D eigenvalue weighted by Gasteiger charge is 2.33. The van der Waals surface area contributed by atoms with Crippen LogP contribution in [-0.2, 0) is 4.79 Å². The first-order valence-electron chi connectivity index (χ1n) is 7.24. The van der Waals surface area contributed by atoms with Gasteiger partial charge in [-0.25, -0.2) is 0 Å². The molecule has 0 spiro atoms. The van der Waals surface area contributed by atoms with Crippen molar-refractivity contribution in [3.8, 4) is 0 Å². The first-order valence-corrected chi connectivity index (χ1v) is 7.24. The highest BCUT2D eigenvalue weighted by molar-refractivity contribution is 5.85. The van der Waals surface area contributed by atoms with E-state index in [1.165, 1.54) is 4.90 Å². The monoisotopic (exact) mass is 329 g/mol. The smallest absolute Gasteiger partial charge is 0.341 e. The van der Waals surface area contributed by atoms with Gasteiger partial charge in [0, 0.05) is 32.1 Å². The molecule has 0 aromatic rings. The Kier molecular flexibility index (Phi) is 7.23. The zero-order valence-electron chi connectivity index (χ0n) is 12.0. The third kappa shape index (κ3) is 6.00. The molecule has 1 amide bonds. The number of hydrogen-bond donors (Lipinski definition) is 1. The van der Waals surface area contributed by atoms with Gasteiger partial charge in [0.15, 0.2) is 0 Å². The summed E-state index contributed by atoms with van der Waals surface area (Å²) in [5, 5.41) is 3.21. The number of nitrogens with one attached hydrogen (secondary N) is 1. The molecule has 0 radical (unpaired) electrons. The molecular formula is C13H23ClF3N3O. The largest absolute Gasteiger partial charge is 0.401 e. The van der Waals surface area contributed by atoms with E-state index in [1.54, 1.807) is 4.90 Å². The third-order valence-electron chi connectivity index (χ3n) is 3.99. The van der Waals surface area contributed by atoms with Crippen molar-refractivity contribution in [3.63, 3.8) is 0 Å². The second-order valence-corrected chi connectivity index (χ2v) is 5.59. The fourth-order valence-corrected chi connectivity index (χ4v) is 2.93. The number of halogens is 4. The van der Waals surface area contributed by atoms with Gasteiger partial charge in [-0.3, -0.25) is 9.69 Å². The van der Waals surface area contributed by atoms with Gasteiger partial charge in [-0.1, -0.05) is 0 Å². The van der Waals surface area contributed by atoms with Crippen LogP contribution < -0.4 is 5.32 Å². The minimum absolute atomic E-state index is 0. The van der Waals surface area contributed by atoms with Crippen LogP contribution in [0.5, 0.6) is 0 Å². The molecule has 0 unspecified atom stereocenters. The summed E-state index contributed by atoms with van der Waals surface area (Å²) in [7, 11) is 0. The molecule has 2 aliphatic rings. The Morgan fingerprint density at radius 2 is 1.76 bits per heavy atom. The highest BCUT2D eigenvalue weighted by Crippen LogP contribution is 2.19. The van der Waals surface area contributed by atoms with Crippen molar-refractivity contribution >= 4 is 18.3 Å². The van der Waals surface area contributed by atoms with E-state index in [0.29, 0.717) is 32.6 Å². The number of carbonyl (C=O) groups is 1. The van der Waals surface area contributed by atoms with Crippen molar-refractivity contribution in [1.29, 1.82) is 0 Å². The molecule has 2 aliphatic heterocycles. The van der Waals surface area contributed by atoms with Crippen molar-refractivity contribution in [3.05, 3.63) is 0 Å². The quantitative estimate of drug-likeness (QED) is 0.834. The van der Waals surface area contributed by atoms with Gasteiger partial charge in [0.2, 0.25) is 5.91 Å². The summed E-state index contributed by atoms with van der Waals surface area (Å²) >= 11 is 0. The molecule has 0 saturated carbocycles. The number of hydrogen-bond acceptors (Lipinski definition) is 3. The number of carbonyl (C=O) groups excluding carboxylic acids is 1. The molecule has 0 aromatic heterocycles. The number of alkyl halides is 3. The van der Waals surface area contributed by atoms with Crippen LogP contribution in [0, 0.1) is 5.92 Å². The maximum atomic E-state index is 12.4. The van der Waals surface area contributed by atoms with Crippen molar-refractivity contribution in [1.82, 2.24) is 15.1 Å². The van der Waals surface area contributed by atoms with E-state index in [4.69, 9.17) is 0 Å². The van der Waals surface area contributed by atoms with Crippen LogP contribution in [0.2, 0.25) is 0 Å². The lowest BCUT2D eigenvalue weighted by Gasteiger charge is -2.29. The maximum absolute atomic E-state index is 12.4. The molecule has 8 heteroatoms. The van der Waals surface area contributed by atoms with Gasteiger partial charge in [-0.2, -0.15) is 13.2 Å². The van der Waals surface area contributed by atoms with Crippen LogP contribution in [0.25, 0.3) is 0 Å². The number of amides is 1. The number of nitrogens with zero attached hydrogens (tertiary/aromatic N) is 2. The van der Waals surface area contributed by atoms with Gasteiger partial charge in [-0.05, 0) is 32.4 Å². The van der Waals surface area contributed by atoms with Crippen molar-refractivity contribution < 1.29 is 18.0 Å². The average Bonchev–Trinajstić information content (AvgIpc) is 2.63. The fourth-order valence-electron chi connectivity index (χ4n) is 2.93. The summed E-state index contributed by atoms with van der Waals surface area (Å²) in [4.78, 5) is 15.5. The summed E-state index contributed by atoms with van der Waals surface area (Å²) in [6.07, 6.45) is -1.87. The predicted molar refractivity (Wildman–Crippen MR) is 76.5 cm³/mol. The van der Waals surface area contributed by atoms with Gasteiger partial charge in [0.1, 0.15) is 0 Å². The Labute approximate surface area is 129 Å². The third-order valence-corrected chi connectivity index (χ3v) is 3.99. The van der Waals surface area contributed by atoms with E-state index in [2.05, 4.69) is 5.32 Å². The summed E-state index contributed by atoms with van der Waals surface area (Å²) in [6.45, 7) is 2.55. The van der Waals surface area contributed by atoms with Crippen LogP contribution in [0.15, 0.2) is 0 Å².